The summed E-state index contributed by atoms with van der Waals surface area (Å²) in [5, 5.41) is 7.20. The van der Waals surface area contributed by atoms with E-state index < -0.39 is 0 Å². The summed E-state index contributed by atoms with van der Waals surface area (Å²) in [6, 6.07) is 0.460. The van der Waals surface area contributed by atoms with E-state index in [-0.39, 0.29) is 5.54 Å². The van der Waals surface area contributed by atoms with Gasteiger partial charge in [0.05, 0.1) is 11.7 Å². The third kappa shape index (κ3) is 2.56. The summed E-state index contributed by atoms with van der Waals surface area (Å²) < 4.78 is 0. The van der Waals surface area contributed by atoms with Crippen LogP contribution < -0.4 is 0 Å². The van der Waals surface area contributed by atoms with E-state index >= 15 is 0 Å². The Balaban J connectivity index is 1.88. The normalized spacial score (nSPS) is 30.2. The first-order chi connectivity index (χ1) is 10.6. The standard InChI is InChI=1S/C17H28N4O/c1-4-21-16(22)8-7-15-17(21,3)9-5-6-10-20(15)12-14-11-18-19-13(14)2/h11,15H,4-10,12H2,1-3H3,(H,18,19)/t15-,17-/m0/s1. The Morgan fingerprint density at radius 3 is 2.95 bits per heavy atom. The van der Waals surface area contributed by atoms with E-state index in [0.717, 1.165) is 38.2 Å². The van der Waals surface area contributed by atoms with Crippen molar-refractivity contribution in [3.63, 3.8) is 0 Å². The first-order valence-corrected chi connectivity index (χ1v) is 8.59. The highest BCUT2D eigenvalue weighted by molar-refractivity contribution is 5.78. The number of fused-ring (bicyclic) bond motifs is 1. The maximum atomic E-state index is 12.4. The van der Waals surface area contributed by atoms with Crippen molar-refractivity contribution in [3.8, 4) is 0 Å². The van der Waals surface area contributed by atoms with Crippen LogP contribution in [0, 0.1) is 6.92 Å². The van der Waals surface area contributed by atoms with E-state index in [0.29, 0.717) is 18.4 Å². The van der Waals surface area contributed by atoms with Crippen LogP contribution in [0.4, 0.5) is 0 Å². The number of nitrogens with one attached hydrogen (secondary N) is 1. The van der Waals surface area contributed by atoms with E-state index in [4.69, 9.17) is 0 Å². The fourth-order valence-corrected chi connectivity index (χ4v) is 4.48. The van der Waals surface area contributed by atoms with Crippen LogP contribution in [0.1, 0.15) is 57.2 Å². The van der Waals surface area contributed by atoms with Crippen LogP contribution >= 0.6 is 0 Å². The van der Waals surface area contributed by atoms with E-state index in [9.17, 15) is 4.79 Å². The monoisotopic (exact) mass is 304 g/mol. The van der Waals surface area contributed by atoms with Gasteiger partial charge in [0, 0.05) is 36.8 Å². The van der Waals surface area contributed by atoms with Gasteiger partial charge in [-0.1, -0.05) is 0 Å². The van der Waals surface area contributed by atoms with E-state index in [2.05, 4.69) is 40.8 Å². The number of amides is 1. The molecular formula is C17H28N4O. The van der Waals surface area contributed by atoms with Gasteiger partial charge in [-0.3, -0.25) is 14.8 Å². The minimum absolute atomic E-state index is 0.0157. The van der Waals surface area contributed by atoms with Crippen molar-refractivity contribution in [2.45, 2.75) is 71.0 Å². The third-order valence-electron chi connectivity index (χ3n) is 5.71. The van der Waals surface area contributed by atoms with Crippen LogP contribution in [-0.2, 0) is 11.3 Å². The molecular weight excluding hydrogens is 276 g/mol. The number of nitrogens with zero attached hydrogens (tertiary/aromatic N) is 3. The van der Waals surface area contributed by atoms with Gasteiger partial charge in [0.1, 0.15) is 0 Å². The average molecular weight is 304 g/mol. The number of aromatic amines is 1. The lowest BCUT2D eigenvalue weighted by atomic mass is 9.79. The number of likely N-dealkylation sites (tertiary alicyclic amines) is 2. The topological polar surface area (TPSA) is 52.2 Å². The fourth-order valence-electron chi connectivity index (χ4n) is 4.48. The van der Waals surface area contributed by atoms with Crippen molar-refractivity contribution in [2.75, 3.05) is 13.1 Å². The molecule has 5 nitrogen and oxygen atoms in total. The van der Waals surface area contributed by atoms with Gasteiger partial charge in [0.25, 0.3) is 0 Å². The zero-order chi connectivity index (χ0) is 15.7. The van der Waals surface area contributed by atoms with E-state index in [1.54, 1.807) is 0 Å². The first-order valence-electron chi connectivity index (χ1n) is 8.59. The molecule has 0 spiro atoms. The highest BCUT2D eigenvalue weighted by Gasteiger charge is 2.48. The highest BCUT2D eigenvalue weighted by Crippen LogP contribution is 2.39. The predicted octanol–water partition coefficient (Wildman–Crippen LogP) is 2.47. The number of rotatable bonds is 3. The summed E-state index contributed by atoms with van der Waals surface area (Å²) in [5.41, 5.74) is 2.42. The quantitative estimate of drug-likeness (QED) is 0.933. The molecule has 3 heterocycles. The second kappa shape index (κ2) is 6.03. The second-order valence-corrected chi connectivity index (χ2v) is 7.00. The Kier molecular flexibility index (Phi) is 4.26. The molecule has 0 aliphatic carbocycles. The van der Waals surface area contributed by atoms with Crippen LogP contribution in [0.15, 0.2) is 6.20 Å². The lowest BCUT2D eigenvalue weighted by Crippen LogP contribution is -2.64. The van der Waals surface area contributed by atoms with Gasteiger partial charge < -0.3 is 4.90 Å². The van der Waals surface area contributed by atoms with E-state index in [1.165, 1.54) is 18.4 Å². The molecule has 1 aromatic heterocycles. The summed E-state index contributed by atoms with van der Waals surface area (Å²) in [4.78, 5) is 17.1. The molecule has 2 fully saturated rings. The lowest BCUT2D eigenvalue weighted by Gasteiger charge is -2.52. The number of piperidine rings is 1. The van der Waals surface area contributed by atoms with Crippen LogP contribution in [-0.4, -0.2) is 50.6 Å². The zero-order valence-corrected chi connectivity index (χ0v) is 14.1. The summed E-state index contributed by atoms with van der Waals surface area (Å²) >= 11 is 0. The average Bonchev–Trinajstić information content (AvgIpc) is 2.80. The third-order valence-corrected chi connectivity index (χ3v) is 5.71. The van der Waals surface area contributed by atoms with Gasteiger partial charge in [0.15, 0.2) is 0 Å². The molecule has 0 bridgehead atoms. The number of H-pyrrole nitrogens is 1. The number of carbonyl (C=O) groups is 1. The van der Waals surface area contributed by atoms with Gasteiger partial charge in [-0.25, -0.2) is 0 Å². The molecule has 2 aliphatic rings. The van der Waals surface area contributed by atoms with Crippen molar-refractivity contribution in [1.29, 1.82) is 0 Å². The largest absolute Gasteiger partial charge is 0.336 e. The molecule has 1 amide bonds. The van der Waals surface area contributed by atoms with Crippen molar-refractivity contribution in [3.05, 3.63) is 17.5 Å². The SMILES string of the molecule is CCN1C(=O)CC[C@@H]2N(Cc3cn[nH]c3C)CCCC[C@@]21C. The molecule has 5 heteroatoms. The molecule has 22 heavy (non-hydrogen) atoms. The Morgan fingerprint density at radius 1 is 1.45 bits per heavy atom. The predicted molar refractivity (Wildman–Crippen MR) is 86.4 cm³/mol. The Bertz CT molecular complexity index is 541. The summed E-state index contributed by atoms with van der Waals surface area (Å²) in [6.07, 6.45) is 7.17. The van der Waals surface area contributed by atoms with Crippen molar-refractivity contribution in [2.24, 2.45) is 0 Å². The van der Waals surface area contributed by atoms with Crippen molar-refractivity contribution >= 4 is 5.91 Å². The Labute approximate surface area is 133 Å². The van der Waals surface area contributed by atoms with Crippen molar-refractivity contribution < 1.29 is 4.79 Å². The highest BCUT2D eigenvalue weighted by atomic mass is 16.2. The number of carbonyl (C=O) groups excluding carboxylic acids is 1. The van der Waals surface area contributed by atoms with E-state index in [1.807, 2.05) is 6.20 Å². The van der Waals surface area contributed by atoms with Crippen LogP contribution in [0.3, 0.4) is 0 Å². The summed E-state index contributed by atoms with van der Waals surface area (Å²) in [7, 11) is 0. The molecule has 0 aromatic carbocycles. The molecule has 122 valence electrons. The molecule has 2 saturated heterocycles. The molecule has 1 N–H and O–H groups in total. The van der Waals surface area contributed by atoms with Crippen LogP contribution in [0.2, 0.25) is 0 Å². The van der Waals surface area contributed by atoms with Crippen LogP contribution in [0.5, 0.6) is 0 Å². The lowest BCUT2D eigenvalue weighted by molar-refractivity contribution is -0.146. The molecule has 2 aliphatic heterocycles. The zero-order valence-electron chi connectivity index (χ0n) is 14.1. The van der Waals surface area contributed by atoms with Gasteiger partial charge >= 0.3 is 0 Å². The van der Waals surface area contributed by atoms with Gasteiger partial charge in [0.2, 0.25) is 5.91 Å². The molecule has 0 unspecified atom stereocenters. The number of hydrogen-bond acceptors (Lipinski definition) is 3. The van der Waals surface area contributed by atoms with Crippen LogP contribution in [0.25, 0.3) is 0 Å². The minimum atomic E-state index is -0.0157. The molecule has 0 radical (unpaired) electrons. The molecule has 3 rings (SSSR count). The second-order valence-electron chi connectivity index (χ2n) is 7.00. The smallest absolute Gasteiger partial charge is 0.223 e. The maximum Gasteiger partial charge on any atom is 0.223 e. The number of likely N-dealkylation sites (N-methyl/N-ethyl adjacent to an activating group) is 1. The number of aryl methyl sites for hydroxylation is 1. The molecule has 0 saturated carbocycles. The number of hydrogen-bond donors (Lipinski definition) is 1. The van der Waals surface area contributed by atoms with Gasteiger partial charge in [-0.15, -0.1) is 0 Å². The first kappa shape index (κ1) is 15.5. The summed E-state index contributed by atoms with van der Waals surface area (Å²) in [6.45, 7) is 9.39. The Hall–Kier alpha value is -1.36. The maximum absolute atomic E-state index is 12.4. The van der Waals surface area contributed by atoms with Gasteiger partial charge in [-0.2, -0.15) is 5.10 Å². The fraction of sp³-hybridized carbons (Fsp3) is 0.765. The minimum Gasteiger partial charge on any atom is -0.336 e. The Morgan fingerprint density at radius 2 is 2.27 bits per heavy atom. The van der Waals surface area contributed by atoms with Gasteiger partial charge in [-0.05, 0) is 53.0 Å². The summed E-state index contributed by atoms with van der Waals surface area (Å²) in [5.74, 6) is 0.336. The van der Waals surface area contributed by atoms with Crippen molar-refractivity contribution in [1.82, 2.24) is 20.0 Å². The number of aromatic nitrogens is 2. The molecule has 2 atom stereocenters. The molecule has 1 aromatic rings.